The van der Waals surface area contributed by atoms with Crippen LogP contribution < -0.4 is 10.5 Å². The predicted octanol–water partition coefficient (Wildman–Crippen LogP) is 1.38. The lowest BCUT2D eigenvalue weighted by Gasteiger charge is -2.21. The van der Waals surface area contributed by atoms with Gasteiger partial charge in [0.25, 0.3) is 0 Å². The Morgan fingerprint density at radius 1 is 1.35 bits per heavy atom. The van der Waals surface area contributed by atoms with Crippen LogP contribution in [-0.2, 0) is 16.6 Å². The number of nitrogens with zero attached hydrogens (tertiary/aromatic N) is 3. The molecule has 0 amide bonds. The number of aromatic nitrogens is 2. The van der Waals surface area contributed by atoms with Gasteiger partial charge in [0.05, 0.1) is 30.7 Å². The van der Waals surface area contributed by atoms with Gasteiger partial charge >= 0.3 is 0 Å². The van der Waals surface area contributed by atoms with Gasteiger partial charge in [0.1, 0.15) is 5.82 Å². The van der Waals surface area contributed by atoms with Gasteiger partial charge in [0.15, 0.2) is 5.96 Å². The van der Waals surface area contributed by atoms with Gasteiger partial charge < -0.3 is 15.2 Å². The van der Waals surface area contributed by atoms with Gasteiger partial charge in [-0.2, -0.15) is 0 Å². The molecule has 8 nitrogen and oxygen atoms in total. The number of aromatic amines is 1. The number of sulfonamides is 1. The van der Waals surface area contributed by atoms with E-state index in [1.807, 2.05) is 49.2 Å². The van der Waals surface area contributed by atoms with Crippen molar-refractivity contribution in [3.63, 3.8) is 0 Å². The van der Waals surface area contributed by atoms with E-state index in [9.17, 15) is 8.42 Å². The summed E-state index contributed by atoms with van der Waals surface area (Å²) in [6, 6.07) is 9.95. The average Bonchev–Trinajstić information content (AvgIpc) is 3.02. The first-order chi connectivity index (χ1) is 11.9. The smallest absolute Gasteiger partial charge is 0.210 e. The quantitative estimate of drug-likeness (QED) is 0.307. The summed E-state index contributed by atoms with van der Waals surface area (Å²) in [5, 5.41) is 8.13. The van der Waals surface area contributed by atoms with E-state index < -0.39 is 10.0 Å². The van der Waals surface area contributed by atoms with Gasteiger partial charge in [-0.15, -0.1) is 24.0 Å². The molecule has 1 aromatic heterocycles. The minimum atomic E-state index is -3.52. The molecule has 0 spiro atoms. The standard InChI is InChI=1S/C16H24N6O2S.HI/c1-3-18-16(19-9-10-25(17,23)24)22(2)12-15-20-11-14(21-15)13-7-5-4-6-8-13;/h4-8,11H,3,9-10,12H2,1-2H3,(H,18,19)(H,20,21)(H2,17,23,24);1H. The van der Waals surface area contributed by atoms with Gasteiger partial charge in [-0.1, -0.05) is 30.3 Å². The molecule has 1 aromatic carbocycles. The Labute approximate surface area is 171 Å². The molecule has 0 aliphatic rings. The van der Waals surface area contributed by atoms with Crippen LogP contribution in [0.25, 0.3) is 11.3 Å². The van der Waals surface area contributed by atoms with Crippen molar-refractivity contribution >= 4 is 40.0 Å². The van der Waals surface area contributed by atoms with E-state index >= 15 is 0 Å². The van der Waals surface area contributed by atoms with E-state index in [-0.39, 0.29) is 36.3 Å². The predicted molar refractivity (Wildman–Crippen MR) is 115 cm³/mol. The van der Waals surface area contributed by atoms with E-state index in [0.29, 0.717) is 19.0 Å². The fourth-order valence-electron chi connectivity index (χ4n) is 2.26. The van der Waals surface area contributed by atoms with Crippen LogP contribution in [-0.4, -0.2) is 55.1 Å². The molecule has 0 aliphatic carbocycles. The van der Waals surface area contributed by atoms with Gasteiger partial charge in [-0.05, 0) is 12.5 Å². The van der Waals surface area contributed by atoms with Gasteiger partial charge in [0.2, 0.25) is 10.0 Å². The molecule has 2 rings (SSSR count). The first-order valence-electron chi connectivity index (χ1n) is 7.98. The van der Waals surface area contributed by atoms with Gasteiger partial charge in [-0.25, -0.2) is 18.5 Å². The van der Waals surface area contributed by atoms with Crippen LogP contribution in [0.1, 0.15) is 12.7 Å². The summed E-state index contributed by atoms with van der Waals surface area (Å²) in [5.41, 5.74) is 2.01. The van der Waals surface area contributed by atoms with Crippen molar-refractivity contribution in [2.45, 2.75) is 13.5 Å². The number of aliphatic imine (C=N–C) groups is 1. The number of primary sulfonamides is 1. The Kier molecular flexibility index (Phi) is 9.02. The highest BCUT2D eigenvalue weighted by Gasteiger charge is 2.10. The topological polar surface area (TPSA) is 116 Å². The maximum Gasteiger partial charge on any atom is 0.210 e. The van der Waals surface area contributed by atoms with Crippen LogP contribution >= 0.6 is 24.0 Å². The number of rotatable bonds is 7. The summed E-state index contributed by atoms with van der Waals surface area (Å²) >= 11 is 0. The molecule has 1 heterocycles. The van der Waals surface area contributed by atoms with Gasteiger partial charge in [0, 0.05) is 13.6 Å². The Bertz CT molecular complexity index is 807. The molecular formula is C16H25IN6O2S. The number of benzene rings is 1. The van der Waals surface area contributed by atoms with E-state index in [4.69, 9.17) is 5.14 Å². The van der Waals surface area contributed by atoms with E-state index in [1.165, 1.54) is 0 Å². The summed E-state index contributed by atoms with van der Waals surface area (Å²) < 4.78 is 22.1. The van der Waals surface area contributed by atoms with Gasteiger partial charge in [-0.3, -0.25) is 4.99 Å². The highest BCUT2D eigenvalue weighted by atomic mass is 127. The maximum atomic E-state index is 11.0. The van der Waals surface area contributed by atoms with Crippen molar-refractivity contribution in [3.8, 4) is 11.3 Å². The fourth-order valence-corrected chi connectivity index (χ4v) is 2.60. The molecule has 0 fully saturated rings. The molecule has 26 heavy (non-hydrogen) atoms. The largest absolute Gasteiger partial charge is 0.357 e. The molecule has 0 saturated heterocycles. The fraction of sp³-hybridized carbons (Fsp3) is 0.375. The number of guanidine groups is 1. The Morgan fingerprint density at radius 2 is 2.04 bits per heavy atom. The zero-order valence-electron chi connectivity index (χ0n) is 14.8. The number of hydrogen-bond acceptors (Lipinski definition) is 4. The van der Waals surface area contributed by atoms with Crippen molar-refractivity contribution in [1.29, 1.82) is 0 Å². The summed E-state index contributed by atoms with van der Waals surface area (Å²) in [4.78, 5) is 13.9. The minimum Gasteiger partial charge on any atom is -0.357 e. The van der Waals surface area contributed by atoms with Crippen molar-refractivity contribution < 1.29 is 8.42 Å². The highest BCUT2D eigenvalue weighted by molar-refractivity contribution is 14.0. The lowest BCUT2D eigenvalue weighted by atomic mass is 10.2. The lowest BCUT2D eigenvalue weighted by Crippen LogP contribution is -2.39. The van der Waals surface area contributed by atoms with Crippen molar-refractivity contribution in [1.82, 2.24) is 20.2 Å². The molecular weight excluding hydrogens is 467 g/mol. The second-order valence-corrected chi connectivity index (χ2v) is 7.30. The first kappa shape index (κ1) is 22.4. The zero-order chi connectivity index (χ0) is 18.3. The average molecular weight is 492 g/mol. The molecule has 0 aliphatic heterocycles. The lowest BCUT2D eigenvalue weighted by molar-refractivity contribution is 0.464. The summed E-state index contributed by atoms with van der Waals surface area (Å²) in [7, 11) is -1.65. The van der Waals surface area contributed by atoms with E-state index in [1.54, 1.807) is 6.20 Å². The van der Waals surface area contributed by atoms with Crippen LogP contribution in [0.15, 0.2) is 41.5 Å². The monoisotopic (exact) mass is 492 g/mol. The third kappa shape index (κ3) is 7.30. The number of H-pyrrole nitrogens is 1. The number of halogens is 1. The van der Waals surface area contributed by atoms with Crippen molar-refractivity contribution in [2.24, 2.45) is 10.1 Å². The molecule has 2 aromatic rings. The van der Waals surface area contributed by atoms with Crippen LogP contribution in [0.3, 0.4) is 0 Å². The maximum absolute atomic E-state index is 11.0. The molecule has 0 atom stereocenters. The molecule has 0 bridgehead atoms. The first-order valence-corrected chi connectivity index (χ1v) is 9.70. The summed E-state index contributed by atoms with van der Waals surface area (Å²) in [6.07, 6.45) is 1.80. The normalized spacial score (nSPS) is 11.7. The minimum absolute atomic E-state index is 0. The number of nitrogens with one attached hydrogen (secondary N) is 2. The zero-order valence-corrected chi connectivity index (χ0v) is 18.0. The highest BCUT2D eigenvalue weighted by Crippen LogP contribution is 2.16. The summed E-state index contributed by atoms with van der Waals surface area (Å²) in [6.45, 7) is 3.24. The van der Waals surface area contributed by atoms with E-state index in [2.05, 4.69) is 20.3 Å². The van der Waals surface area contributed by atoms with Crippen LogP contribution in [0.5, 0.6) is 0 Å². The molecule has 144 valence electrons. The van der Waals surface area contributed by atoms with Crippen LogP contribution in [0.4, 0.5) is 0 Å². The second kappa shape index (κ2) is 10.5. The number of nitrogens with two attached hydrogens (primary N) is 1. The third-order valence-electron chi connectivity index (χ3n) is 3.43. The van der Waals surface area contributed by atoms with Crippen molar-refractivity contribution in [3.05, 3.63) is 42.4 Å². The summed E-state index contributed by atoms with van der Waals surface area (Å²) in [5.74, 6) is 1.21. The molecule has 0 saturated carbocycles. The van der Waals surface area contributed by atoms with E-state index in [0.717, 1.165) is 17.1 Å². The Morgan fingerprint density at radius 3 is 2.65 bits per heavy atom. The van der Waals surface area contributed by atoms with Crippen LogP contribution in [0.2, 0.25) is 0 Å². The SMILES string of the molecule is CCNC(=NCCS(N)(=O)=O)N(C)Cc1ncc(-c2ccccc2)[nH]1.I. The Balaban J connectivity index is 0.00000338. The third-order valence-corrected chi connectivity index (χ3v) is 4.19. The second-order valence-electron chi connectivity index (χ2n) is 5.57. The molecule has 0 unspecified atom stereocenters. The molecule has 0 radical (unpaired) electrons. The number of imidazole rings is 1. The van der Waals surface area contributed by atoms with Crippen molar-refractivity contribution in [2.75, 3.05) is 25.9 Å². The molecule has 10 heteroatoms. The molecule has 4 N–H and O–H groups in total. The van der Waals surface area contributed by atoms with Crippen LogP contribution in [0, 0.1) is 0 Å². The number of hydrogen-bond donors (Lipinski definition) is 3. The Hall–Kier alpha value is -1.66.